The van der Waals surface area contributed by atoms with Crippen molar-refractivity contribution in [2.75, 3.05) is 0 Å². The van der Waals surface area contributed by atoms with Crippen molar-refractivity contribution < 1.29 is 4.39 Å². The van der Waals surface area contributed by atoms with E-state index in [0.29, 0.717) is 0 Å². The van der Waals surface area contributed by atoms with E-state index < -0.39 is 0 Å². The molecule has 0 heterocycles. The molecule has 106 valence electrons. The van der Waals surface area contributed by atoms with Gasteiger partial charge < -0.3 is 5.73 Å². The van der Waals surface area contributed by atoms with Crippen molar-refractivity contribution in [3.8, 4) is 0 Å². The van der Waals surface area contributed by atoms with Gasteiger partial charge in [0.15, 0.2) is 0 Å². The summed E-state index contributed by atoms with van der Waals surface area (Å²) in [4.78, 5) is 0. The quantitative estimate of drug-likeness (QED) is 0.895. The van der Waals surface area contributed by atoms with E-state index in [1.807, 2.05) is 12.1 Å². The van der Waals surface area contributed by atoms with Crippen LogP contribution in [0.2, 0.25) is 0 Å². The lowest BCUT2D eigenvalue weighted by Gasteiger charge is -2.26. The third-order valence-electron chi connectivity index (χ3n) is 3.62. The Hall–Kier alpha value is -1.67. The highest BCUT2D eigenvalue weighted by atomic mass is 19.1. The van der Waals surface area contributed by atoms with Crippen molar-refractivity contribution in [1.82, 2.24) is 0 Å². The molecule has 0 bridgehead atoms. The first-order chi connectivity index (χ1) is 9.35. The average molecular weight is 271 g/mol. The van der Waals surface area contributed by atoms with Gasteiger partial charge in [0.05, 0.1) is 0 Å². The van der Waals surface area contributed by atoms with E-state index in [4.69, 9.17) is 5.73 Å². The van der Waals surface area contributed by atoms with Crippen molar-refractivity contribution >= 4 is 0 Å². The number of rotatable bonds is 4. The number of hydrogen-bond acceptors (Lipinski definition) is 1. The summed E-state index contributed by atoms with van der Waals surface area (Å²) in [5.74, 6) is -0.206. The van der Waals surface area contributed by atoms with Crippen LogP contribution in [-0.2, 0) is 12.8 Å². The zero-order chi connectivity index (χ0) is 14.8. The molecule has 1 unspecified atom stereocenters. The lowest BCUT2D eigenvalue weighted by molar-refractivity contribution is 0.461. The summed E-state index contributed by atoms with van der Waals surface area (Å²) in [5.41, 5.74) is 11.0. The van der Waals surface area contributed by atoms with Crippen molar-refractivity contribution in [3.05, 3.63) is 70.5 Å². The second kappa shape index (κ2) is 5.76. The molecule has 1 nitrogen and oxygen atoms in total. The Morgan fingerprint density at radius 3 is 2.30 bits per heavy atom. The maximum Gasteiger partial charge on any atom is 0.123 e. The van der Waals surface area contributed by atoms with E-state index in [1.165, 1.54) is 28.8 Å². The zero-order valence-electron chi connectivity index (χ0n) is 12.4. The molecule has 0 fully saturated rings. The molecule has 0 saturated carbocycles. The van der Waals surface area contributed by atoms with Crippen LogP contribution in [0.15, 0.2) is 42.5 Å². The van der Waals surface area contributed by atoms with Crippen molar-refractivity contribution in [2.24, 2.45) is 5.73 Å². The molecular weight excluding hydrogens is 249 g/mol. The van der Waals surface area contributed by atoms with E-state index >= 15 is 0 Å². The number of hydrogen-bond donors (Lipinski definition) is 1. The van der Waals surface area contributed by atoms with E-state index in [2.05, 4.69) is 39.0 Å². The van der Waals surface area contributed by atoms with Crippen LogP contribution in [0.4, 0.5) is 4.39 Å². The first-order valence-corrected chi connectivity index (χ1v) is 6.95. The van der Waals surface area contributed by atoms with E-state index in [-0.39, 0.29) is 11.4 Å². The fraction of sp³-hybridized carbons (Fsp3) is 0.333. The lowest BCUT2D eigenvalue weighted by atomic mass is 9.85. The van der Waals surface area contributed by atoms with Gasteiger partial charge >= 0.3 is 0 Å². The normalized spacial score (nSPS) is 14.1. The predicted octanol–water partition coefficient (Wildman–Crippen LogP) is 3.95. The third kappa shape index (κ3) is 3.91. The Bertz CT molecular complexity index is 585. The molecule has 2 aromatic rings. The van der Waals surface area contributed by atoms with Crippen LogP contribution >= 0.6 is 0 Å². The fourth-order valence-electron chi connectivity index (χ4n) is 2.56. The summed E-state index contributed by atoms with van der Waals surface area (Å²) in [6.07, 6.45) is 1.55. The Morgan fingerprint density at radius 1 is 1.00 bits per heavy atom. The van der Waals surface area contributed by atoms with Gasteiger partial charge in [-0.15, -0.1) is 0 Å². The van der Waals surface area contributed by atoms with E-state index in [1.54, 1.807) is 0 Å². The Kier molecular flexibility index (Phi) is 4.24. The number of halogens is 1. The predicted molar refractivity (Wildman–Crippen MR) is 82.3 cm³/mol. The van der Waals surface area contributed by atoms with E-state index in [9.17, 15) is 4.39 Å². The Labute approximate surface area is 120 Å². The van der Waals surface area contributed by atoms with Crippen molar-refractivity contribution in [3.63, 3.8) is 0 Å². The van der Waals surface area contributed by atoms with Gasteiger partial charge in [-0.05, 0) is 62.4 Å². The summed E-state index contributed by atoms with van der Waals surface area (Å²) < 4.78 is 12.9. The minimum Gasteiger partial charge on any atom is -0.325 e. The highest BCUT2D eigenvalue weighted by molar-refractivity contribution is 5.32. The molecule has 0 saturated heterocycles. The fourth-order valence-corrected chi connectivity index (χ4v) is 2.56. The van der Waals surface area contributed by atoms with E-state index in [0.717, 1.165) is 18.4 Å². The maximum absolute atomic E-state index is 12.9. The Morgan fingerprint density at radius 2 is 1.65 bits per heavy atom. The van der Waals surface area contributed by atoms with Gasteiger partial charge in [-0.2, -0.15) is 0 Å². The molecule has 0 radical (unpaired) electrons. The first-order valence-electron chi connectivity index (χ1n) is 6.95. The molecular formula is C18H22FN. The first kappa shape index (κ1) is 14.7. The van der Waals surface area contributed by atoms with Crippen LogP contribution in [0.3, 0.4) is 0 Å². The number of benzene rings is 2. The highest BCUT2D eigenvalue weighted by Crippen LogP contribution is 2.20. The van der Waals surface area contributed by atoms with Crippen LogP contribution in [0.1, 0.15) is 29.2 Å². The second-order valence-corrected chi connectivity index (χ2v) is 6.06. The van der Waals surface area contributed by atoms with Crippen LogP contribution in [0, 0.1) is 19.7 Å². The molecule has 2 N–H and O–H groups in total. The zero-order valence-corrected chi connectivity index (χ0v) is 12.4. The molecule has 2 heteroatoms. The smallest absolute Gasteiger partial charge is 0.123 e. The topological polar surface area (TPSA) is 26.0 Å². The van der Waals surface area contributed by atoms with Gasteiger partial charge in [0.2, 0.25) is 0 Å². The second-order valence-electron chi connectivity index (χ2n) is 6.06. The molecule has 0 spiro atoms. The highest BCUT2D eigenvalue weighted by Gasteiger charge is 2.20. The van der Waals surface area contributed by atoms with Gasteiger partial charge in [0.1, 0.15) is 5.82 Å². The van der Waals surface area contributed by atoms with Crippen LogP contribution in [-0.4, -0.2) is 5.54 Å². The summed E-state index contributed by atoms with van der Waals surface area (Å²) >= 11 is 0. The van der Waals surface area contributed by atoms with Gasteiger partial charge in [0, 0.05) is 5.54 Å². The molecule has 2 aromatic carbocycles. The standard InChI is InChI=1S/C18H22FN/c1-13-4-5-14(2)16(10-13)12-18(3,20)11-15-6-8-17(19)9-7-15/h4-10H,11-12,20H2,1-3H3. The SMILES string of the molecule is Cc1ccc(C)c(CC(C)(N)Cc2ccc(F)cc2)c1. The number of nitrogens with two attached hydrogens (primary N) is 1. The summed E-state index contributed by atoms with van der Waals surface area (Å²) in [6, 6.07) is 13.1. The summed E-state index contributed by atoms with van der Waals surface area (Å²) in [7, 11) is 0. The lowest BCUT2D eigenvalue weighted by Crippen LogP contribution is -2.41. The Balaban J connectivity index is 2.14. The van der Waals surface area contributed by atoms with Crippen LogP contribution in [0.25, 0.3) is 0 Å². The molecule has 2 rings (SSSR count). The molecule has 0 amide bonds. The molecule has 0 aliphatic heterocycles. The van der Waals surface area contributed by atoms with Gasteiger partial charge in [0.25, 0.3) is 0 Å². The van der Waals surface area contributed by atoms with Crippen molar-refractivity contribution in [1.29, 1.82) is 0 Å². The van der Waals surface area contributed by atoms with Crippen LogP contribution in [0.5, 0.6) is 0 Å². The van der Waals surface area contributed by atoms with Crippen LogP contribution < -0.4 is 5.73 Å². The third-order valence-corrected chi connectivity index (χ3v) is 3.62. The minimum atomic E-state index is -0.337. The van der Waals surface area contributed by atoms with Gasteiger partial charge in [-0.1, -0.05) is 35.9 Å². The molecule has 1 atom stereocenters. The molecule has 0 aliphatic carbocycles. The molecule has 0 aromatic heterocycles. The summed E-state index contributed by atoms with van der Waals surface area (Å²) in [6.45, 7) is 6.26. The van der Waals surface area contributed by atoms with Gasteiger partial charge in [-0.25, -0.2) is 4.39 Å². The minimum absolute atomic E-state index is 0.206. The maximum atomic E-state index is 12.9. The van der Waals surface area contributed by atoms with Crippen molar-refractivity contribution in [2.45, 2.75) is 39.2 Å². The largest absolute Gasteiger partial charge is 0.325 e. The van der Waals surface area contributed by atoms with Gasteiger partial charge in [-0.3, -0.25) is 0 Å². The average Bonchev–Trinajstić information content (AvgIpc) is 2.36. The number of aryl methyl sites for hydroxylation is 2. The molecule has 20 heavy (non-hydrogen) atoms. The molecule has 0 aliphatic rings. The monoisotopic (exact) mass is 271 g/mol. The summed E-state index contributed by atoms with van der Waals surface area (Å²) in [5, 5.41) is 0.